The molecule has 0 aromatic heterocycles. The zero-order chi connectivity index (χ0) is 18.6. The van der Waals surface area contributed by atoms with Crippen LogP contribution in [0.15, 0.2) is 53.4 Å². The van der Waals surface area contributed by atoms with Gasteiger partial charge in [-0.2, -0.15) is 4.31 Å². The Kier molecular flexibility index (Phi) is 5.74. The molecule has 2 aromatic carbocycles. The summed E-state index contributed by atoms with van der Waals surface area (Å²) in [6.45, 7) is 3.09. The van der Waals surface area contributed by atoms with Crippen LogP contribution >= 0.6 is 0 Å². The Morgan fingerprint density at radius 1 is 1.04 bits per heavy atom. The van der Waals surface area contributed by atoms with Gasteiger partial charge in [-0.05, 0) is 49.1 Å². The number of amides is 1. The number of nitrogens with zero attached hydrogens (tertiary/aromatic N) is 1. The van der Waals surface area contributed by atoms with Gasteiger partial charge in [-0.15, -0.1) is 0 Å². The Bertz CT molecular complexity index is 887. The number of benzene rings is 2. The van der Waals surface area contributed by atoms with E-state index in [1.807, 2.05) is 31.2 Å². The van der Waals surface area contributed by atoms with E-state index in [2.05, 4.69) is 5.32 Å². The summed E-state index contributed by atoms with van der Waals surface area (Å²) < 4.78 is 27.1. The summed E-state index contributed by atoms with van der Waals surface area (Å²) in [5.41, 5.74) is 2.52. The first kappa shape index (κ1) is 18.6. The minimum absolute atomic E-state index is 0.160. The lowest BCUT2D eigenvalue weighted by atomic mass is 10.1. The van der Waals surface area contributed by atoms with E-state index in [1.54, 1.807) is 24.3 Å². The van der Waals surface area contributed by atoms with Gasteiger partial charge in [0.2, 0.25) is 15.9 Å². The quantitative estimate of drug-likeness (QED) is 0.875. The fraction of sp³-hybridized carbons (Fsp3) is 0.350. The molecule has 26 heavy (non-hydrogen) atoms. The summed E-state index contributed by atoms with van der Waals surface area (Å²) in [4.78, 5) is 12.6. The van der Waals surface area contributed by atoms with Crippen LogP contribution in [0.2, 0.25) is 0 Å². The normalized spacial score (nSPS) is 15.6. The minimum Gasteiger partial charge on any atom is -0.326 e. The van der Waals surface area contributed by atoms with Gasteiger partial charge in [0.05, 0.1) is 11.3 Å². The van der Waals surface area contributed by atoms with E-state index in [9.17, 15) is 13.2 Å². The molecule has 1 heterocycles. The standard InChI is InChI=1S/C20H24N2O3S/c1-16-8-3-4-9-17(16)14-20(23)21-18-10-7-11-19(15-18)26(24,25)22-12-5-2-6-13-22/h3-4,7-11,15H,2,5-6,12-14H2,1H3,(H,21,23). The number of anilines is 1. The molecular weight excluding hydrogens is 348 g/mol. The van der Waals surface area contributed by atoms with Gasteiger partial charge in [-0.25, -0.2) is 8.42 Å². The molecule has 2 aromatic rings. The second kappa shape index (κ2) is 8.01. The Labute approximate surface area is 155 Å². The van der Waals surface area contributed by atoms with E-state index in [-0.39, 0.29) is 17.2 Å². The van der Waals surface area contributed by atoms with Gasteiger partial charge in [-0.1, -0.05) is 36.8 Å². The summed E-state index contributed by atoms with van der Waals surface area (Å²) in [5.74, 6) is -0.160. The van der Waals surface area contributed by atoms with Gasteiger partial charge in [0.1, 0.15) is 0 Å². The highest BCUT2D eigenvalue weighted by atomic mass is 32.2. The molecule has 0 unspecified atom stereocenters. The van der Waals surface area contributed by atoms with Crippen molar-refractivity contribution in [2.24, 2.45) is 0 Å². The maximum atomic E-state index is 12.8. The summed E-state index contributed by atoms with van der Waals surface area (Å²) in [6.07, 6.45) is 3.12. The molecule has 0 saturated carbocycles. The van der Waals surface area contributed by atoms with Crippen LogP contribution in [0.25, 0.3) is 0 Å². The predicted molar refractivity (Wildman–Crippen MR) is 103 cm³/mol. The molecule has 0 spiro atoms. The third-order valence-corrected chi connectivity index (χ3v) is 6.58. The number of hydrogen-bond donors (Lipinski definition) is 1. The topological polar surface area (TPSA) is 66.5 Å². The number of piperidine rings is 1. The number of nitrogens with one attached hydrogen (secondary N) is 1. The third-order valence-electron chi connectivity index (χ3n) is 4.68. The molecule has 1 N–H and O–H groups in total. The Hall–Kier alpha value is -2.18. The Morgan fingerprint density at radius 2 is 1.77 bits per heavy atom. The van der Waals surface area contributed by atoms with E-state index < -0.39 is 10.0 Å². The van der Waals surface area contributed by atoms with E-state index in [1.165, 1.54) is 4.31 Å². The number of hydrogen-bond acceptors (Lipinski definition) is 3. The van der Waals surface area contributed by atoms with Crippen molar-refractivity contribution < 1.29 is 13.2 Å². The first-order valence-corrected chi connectivity index (χ1v) is 10.4. The molecule has 0 radical (unpaired) electrons. The van der Waals surface area contributed by atoms with Gasteiger partial charge >= 0.3 is 0 Å². The molecule has 1 saturated heterocycles. The van der Waals surface area contributed by atoms with Crippen LogP contribution in [0.3, 0.4) is 0 Å². The highest BCUT2D eigenvalue weighted by Crippen LogP contribution is 2.23. The predicted octanol–water partition coefficient (Wildman–Crippen LogP) is 3.35. The maximum Gasteiger partial charge on any atom is 0.243 e. The van der Waals surface area contributed by atoms with Crippen LogP contribution in [0.4, 0.5) is 5.69 Å². The van der Waals surface area contributed by atoms with Crippen molar-refractivity contribution in [3.8, 4) is 0 Å². The van der Waals surface area contributed by atoms with Crippen molar-refractivity contribution in [3.63, 3.8) is 0 Å². The van der Waals surface area contributed by atoms with Crippen LogP contribution in [0, 0.1) is 6.92 Å². The van der Waals surface area contributed by atoms with Crippen LogP contribution in [-0.4, -0.2) is 31.7 Å². The van der Waals surface area contributed by atoms with Crippen molar-refractivity contribution in [2.75, 3.05) is 18.4 Å². The van der Waals surface area contributed by atoms with Crippen LogP contribution in [0.5, 0.6) is 0 Å². The van der Waals surface area contributed by atoms with Crippen molar-refractivity contribution >= 4 is 21.6 Å². The van der Waals surface area contributed by atoms with Crippen molar-refractivity contribution in [2.45, 2.75) is 37.5 Å². The fourth-order valence-corrected chi connectivity index (χ4v) is 4.74. The average Bonchev–Trinajstić information content (AvgIpc) is 2.64. The summed E-state index contributed by atoms with van der Waals surface area (Å²) >= 11 is 0. The average molecular weight is 372 g/mol. The molecule has 0 bridgehead atoms. The first-order valence-electron chi connectivity index (χ1n) is 8.91. The zero-order valence-electron chi connectivity index (χ0n) is 14.9. The van der Waals surface area contributed by atoms with E-state index >= 15 is 0 Å². The SMILES string of the molecule is Cc1ccccc1CC(=O)Nc1cccc(S(=O)(=O)N2CCCCC2)c1. The Balaban J connectivity index is 1.73. The lowest BCUT2D eigenvalue weighted by Gasteiger charge is -2.26. The second-order valence-electron chi connectivity index (χ2n) is 6.64. The van der Waals surface area contributed by atoms with Crippen molar-refractivity contribution in [1.29, 1.82) is 0 Å². The number of carbonyl (C=O) groups excluding carboxylic acids is 1. The van der Waals surface area contributed by atoms with Crippen LogP contribution < -0.4 is 5.32 Å². The molecule has 138 valence electrons. The molecule has 1 aliphatic rings. The second-order valence-corrected chi connectivity index (χ2v) is 8.58. The Morgan fingerprint density at radius 3 is 2.50 bits per heavy atom. The van der Waals surface area contributed by atoms with Crippen molar-refractivity contribution in [1.82, 2.24) is 4.31 Å². The van der Waals surface area contributed by atoms with Gasteiger partial charge in [0.15, 0.2) is 0 Å². The van der Waals surface area contributed by atoms with E-state index in [0.717, 1.165) is 30.4 Å². The van der Waals surface area contributed by atoms with Gasteiger partial charge < -0.3 is 5.32 Å². The van der Waals surface area contributed by atoms with Crippen molar-refractivity contribution in [3.05, 3.63) is 59.7 Å². The minimum atomic E-state index is -3.50. The van der Waals surface area contributed by atoms with E-state index in [4.69, 9.17) is 0 Å². The summed E-state index contributed by atoms with van der Waals surface area (Å²) in [6, 6.07) is 14.2. The first-order chi connectivity index (χ1) is 12.5. The lowest BCUT2D eigenvalue weighted by molar-refractivity contribution is -0.115. The largest absolute Gasteiger partial charge is 0.326 e. The lowest BCUT2D eigenvalue weighted by Crippen LogP contribution is -2.35. The molecule has 5 nitrogen and oxygen atoms in total. The third kappa shape index (κ3) is 4.31. The number of carbonyl (C=O) groups is 1. The molecule has 1 amide bonds. The molecule has 1 fully saturated rings. The molecular formula is C20H24N2O3S. The highest BCUT2D eigenvalue weighted by molar-refractivity contribution is 7.89. The number of aryl methyl sites for hydroxylation is 1. The number of sulfonamides is 1. The molecule has 0 atom stereocenters. The van der Waals surface area contributed by atoms with Gasteiger partial charge in [-0.3, -0.25) is 4.79 Å². The highest BCUT2D eigenvalue weighted by Gasteiger charge is 2.26. The monoisotopic (exact) mass is 372 g/mol. The fourth-order valence-electron chi connectivity index (χ4n) is 3.18. The molecule has 3 rings (SSSR count). The molecule has 6 heteroatoms. The maximum absolute atomic E-state index is 12.8. The van der Waals surface area contributed by atoms with E-state index in [0.29, 0.717) is 18.8 Å². The van der Waals surface area contributed by atoms with Gasteiger partial charge in [0.25, 0.3) is 0 Å². The van der Waals surface area contributed by atoms with Crippen LogP contribution in [-0.2, 0) is 21.2 Å². The molecule has 0 aliphatic carbocycles. The molecule has 1 aliphatic heterocycles. The number of rotatable bonds is 5. The van der Waals surface area contributed by atoms with Crippen LogP contribution in [0.1, 0.15) is 30.4 Å². The summed E-state index contributed by atoms with van der Waals surface area (Å²) in [7, 11) is -3.50. The summed E-state index contributed by atoms with van der Waals surface area (Å²) in [5, 5.41) is 2.81. The smallest absolute Gasteiger partial charge is 0.243 e. The van der Waals surface area contributed by atoms with Gasteiger partial charge in [0, 0.05) is 18.8 Å². The zero-order valence-corrected chi connectivity index (χ0v) is 15.8.